The van der Waals surface area contributed by atoms with Crippen LogP contribution in [0.3, 0.4) is 0 Å². The Labute approximate surface area is 197 Å². The fraction of sp³-hybridized carbons (Fsp3) is 0.560. The zero-order chi connectivity index (χ0) is 24.3. The lowest BCUT2D eigenvalue weighted by molar-refractivity contribution is -0.0821. The van der Waals surface area contributed by atoms with Crippen LogP contribution in [0.5, 0.6) is 0 Å². The van der Waals surface area contributed by atoms with Crippen LogP contribution < -0.4 is 5.32 Å². The topological polar surface area (TPSA) is 87.6 Å². The lowest BCUT2D eigenvalue weighted by atomic mass is 9.64. The summed E-state index contributed by atoms with van der Waals surface area (Å²) in [5.41, 5.74) is 1.10. The number of benzene rings is 1. The first-order valence-electron chi connectivity index (χ1n) is 11.8. The Hall–Kier alpha value is -2.65. The third-order valence-corrected chi connectivity index (χ3v) is 8.24. The van der Waals surface area contributed by atoms with E-state index >= 15 is 0 Å². The van der Waals surface area contributed by atoms with Crippen molar-refractivity contribution in [2.24, 2.45) is 5.41 Å². The second kappa shape index (κ2) is 8.23. The van der Waals surface area contributed by atoms with Gasteiger partial charge in [0, 0.05) is 18.5 Å². The number of halogens is 2. The van der Waals surface area contributed by atoms with Gasteiger partial charge in [-0.15, -0.1) is 0 Å². The van der Waals surface area contributed by atoms with Crippen LogP contribution in [-0.4, -0.2) is 64.7 Å². The van der Waals surface area contributed by atoms with Crippen LogP contribution in [0.15, 0.2) is 24.3 Å². The van der Waals surface area contributed by atoms with E-state index < -0.39 is 17.0 Å². The highest BCUT2D eigenvalue weighted by Crippen LogP contribution is 2.69. The first kappa shape index (κ1) is 23.1. The van der Waals surface area contributed by atoms with E-state index in [0.29, 0.717) is 19.7 Å². The lowest BCUT2D eigenvalue weighted by Gasteiger charge is -2.47. The highest BCUT2D eigenvalue weighted by atomic mass is 19.1. The van der Waals surface area contributed by atoms with Gasteiger partial charge in [0.25, 0.3) is 0 Å². The zero-order valence-corrected chi connectivity index (χ0v) is 19.6. The maximum Gasteiger partial charge on any atom is 0.317 e. The number of carbonyl (C=O) groups is 1. The second-order valence-corrected chi connectivity index (χ2v) is 10.3. The molecule has 1 aliphatic heterocycles. The summed E-state index contributed by atoms with van der Waals surface area (Å²) in [6, 6.07) is 4.99. The summed E-state index contributed by atoms with van der Waals surface area (Å²) in [6.07, 6.45) is 1.45. The number of nitrogens with one attached hydrogen (secondary N) is 1. The second-order valence-electron chi connectivity index (χ2n) is 10.3. The van der Waals surface area contributed by atoms with Gasteiger partial charge in [-0.2, -0.15) is 10.2 Å². The number of aromatic nitrogens is 2. The Morgan fingerprint density at radius 3 is 2.76 bits per heavy atom. The minimum atomic E-state index is -0.666. The van der Waals surface area contributed by atoms with Crippen molar-refractivity contribution < 1.29 is 23.4 Å². The predicted molar refractivity (Wildman–Crippen MR) is 121 cm³/mol. The van der Waals surface area contributed by atoms with Gasteiger partial charge in [0.1, 0.15) is 11.6 Å². The van der Waals surface area contributed by atoms with Crippen molar-refractivity contribution in [1.82, 2.24) is 20.4 Å². The SMILES string of the molecule is CC(CO)NC(=O)N1CCO[C@H](C23CC[C@@H](c4cc(-c5c(F)cccc5F)nnc42)C3(C)C)C1. The fourth-order valence-corrected chi connectivity index (χ4v) is 6.42. The number of urea groups is 1. The third kappa shape index (κ3) is 3.24. The molecule has 182 valence electrons. The molecular formula is C25H30F2N4O3. The van der Waals surface area contributed by atoms with Gasteiger partial charge in [0.05, 0.1) is 42.3 Å². The van der Waals surface area contributed by atoms with Crippen molar-refractivity contribution in [2.45, 2.75) is 57.1 Å². The van der Waals surface area contributed by atoms with E-state index in [1.165, 1.54) is 18.2 Å². The van der Waals surface area contributed by atoms with E-state index in [9.17, 15) is 18.7 Å². The number of aliphatic hydroxyl groups is 1. The Bertz CT molecular complexity index is 1110. The molecule has 0 radical (unpaired) electrons. The summed E-state index contributed by atoms with van der Waals surface area (Å²) in [7, 11) is 0. The molecule has 0 spiro atoms. The monoisotopic (exact) mass is 472 g/mol. The normalized spacial score (nSPS) is 28.0. The van der Waals surface area contributed by atoms with Crippen molar-refractivity contribution in [3.05, 3.63) is 47.2 Å². The molecule has 2 fully saturated rings. The van der Waals surface area contributed by atoms with Gasteiger partial charge < -0.3 is 20.1 Å². The van der Waals surface area contributed by atoms with Crippen LogP contribution in [0.2, 0.25) is 0 Å². The molecular weight excluding hydrogens is 442 g/mol. The molecule has 2 N–H and O–H groups in total. The average molecular weight is 473 g/mol. The Morgan fingerprint density at radius 2 is 2.06 bits per heavy atom. The number of hydrogen-bond donors (Lipinski definition) is 2. The third-order valence-electron chi connectivity index (χ3n) is 8.24. The van der Waals surface area contributed by atoms with E-state index in [4.69, 9.17) is 4.74 Å². The zero-order valence-electron chi connectivity index (χ0n) is 19.6. The number of fused-ring (bicyclic) bond motifs is 5. The molecule has 2 bridgehead atoms. The summed E-state index contributed by atoms with van der Waals surface area (Å²) >= 11 is 0. The molecule has 2 amide bonds. The molecule has 2 aromatic rings. The number of amides is 2. The predicted octanol–water partition coefficient (Wildman–Crippen LogP) is 3.37. The number of rotatable bonds is 4. The van der Waals surface area contributed by atoms with Crippen LogP contribution in [0.4, 0.5) is 13.6 Å². The Balaban J connectivity index is 1.51. The van der Waals surface area contributed by atoms with E-state index in [1.807, 2.05) is 0 Å². The first-order valence-corrected chi connectivity index (χ1v) is 11.8. The summed E-state index contributed by atoms with van der Waals surface area (Å²) in [5.74, 6) is -1.18. The number of nitrogens with zero attached hydrogens (tertiary/aromatic N) is 3. The van der Waals surface area contributed by atoms with Crippen molar-refractivity contribution in [2.75, 3.05) is 26.3 Å². The van der Waals surface area contributed by atoms with Crippen molar-refractivity contribution in [3.63, 3.8) is 0 Å². The standard InChI is InChI=1S/C25H30F2N4O3/c1-14(13-32)28-23(33)31-9-10-34-20(12-31)25-8-7-16(24(25,2)3)15-11-19(29-30-22(15)25)21-17(26)5-4-6-18(21)27/h4-6,11,14,16,20,32H,7-10,12-13H2,1-3H3,(H,28,33)/t14?,16-,20-,25?/m0/s1. The number of morpholine rings is 1. The van der Waals surface area contributed by atoms with E-state index in [2.05, 4.69) is 29.4 Å². The summed E-state index contributed by atoms with van der Waals surface area (Å²) in [5, 5.41) is 20.9. The van der Waals surface area contributed by atoms with E-state index in [0.717, 1.165) is 24.1 Å². The maximum atomic E-state index is 14.4. The molecule has 4 atom stereocenters. The molecule has 1 aromatic heterocycles. The van der Waals surface area contributed by atoms with Gasteiger partial charge in [0.2, 0.25) is 0 Å². The molecule has 2 heterocycles. The molecule has 3 aliphatic rings. The van der Waals surface area contributed by atoms with Crippen LogP contribution in [0.1, 0.15) is 50.8 Å². The van der Waals surface area contributed by atoms with Crippen LogP contribution in [0.25, 0.3) is 11.3 Å². The van der Waals surface area contributed by atoms with Gasteiger partial charge in [-0.1, -0.05) is 19.9 Å². The highest BCUT2D eigenvalue weighted by Gasteiger charge is 2.67. The fourth-order valence-electron chi connectivity index (χ4n) is 6.42. The minimum Gasteiger partial charge on any atom is -0.394 e. The average Bonchev–Trinajstić information content (AvgIpc) is 3.20. The molecule has 1 saturated carbocycles. The molecule has 1 aromatic carbocycles. The molecule has 7 nitrogen and oxygen atoms in total. The molecule has 5 rings (SSSR count). The quantitative estimate of drug-likeness (QED) is 0.713. The number of aliphatic hydroxyl groups excluding tert-OH is 1. The summed E-state index contributed by atoms with van der Waals surface area (Å²) in [4.78, 5) is 14.5. The first-order chi connectivity index (χ1) is 16.2. The smallest absolute Gasteiger partial charge is 0.317 e. The van der Waals surface area contributed by atoms with Crippen molar-refractivity contribution in [1.29, 1.82) is 0 Å². The maximum absolute atomic E-state index is 14.4. The molecule has 34 heavy (non-hydrogen) atoms. The summed E-state index contributed by atoms with van der Waals surface area (Å²) < 4.78 is 35.2. The van der Waals surface area contributed by atoms with Gasteiger partial charge >= 0.3 is 6.03 Å². The Kier molecular flexibility index (Phi) is 5.60. The largest absolute Gasteiger partial charge is 0.394 e. The minimum absolute atomic E-state index is 0.133. The van der Waals surface area contributed by atoms with Crippen LogP contribution in [-0.2, 0) is 10.2 Å². The van der Waals surface area contributed by atoms with Crippen molar-refractivity contribution in [3.8, 4) is 11.3 Å². The van der Waals surface area contributed by atoms with Crippen LogP contribution >= 0.6 is 0 Å². The Morgan fingerprint density at radius 1 is 1.32 bits per heavy atom. The molecule has 2 aliphatic carbocycles. The molecule has 2 unspecified atom stereocenters. The molecule has 1 saturated heterocycles. The van der Waals surface area contributed by atoms with E-state index in [-0.39, 0.29) is 47.4 Å². The molecule has 9 heteroatoms. The van der Waals surface area contributed by atoms with E-state index in [1.54, 1.807) is 17.9 Å². The van der Waals surface area contributed by atoms with Crippen molar-refractivity contribution >= 4 is 6.03 Å². The lowest BCUT2D eigenvalue weighted by Crippen LogP contribution is -2.59. The number of ether oxygens (including phenoxy) is 1. The number of hydrogen-bond acceptors (Lipinski definition) is 5. The van der Waals surface area contributed by atoms with Gasteiger partial charge in [-0.25, -0.2) is 13.6 Å². The van der Waals surface area contributed by atoms with Gasteiger partial charge in [-0.3, -0.25) is 0 Å². The van der Waals surface area contributed by atoms with Gasteiger partial charge in [0.15, 0.2) is 0 Å². The highest BCUT2D eigenvalue weighted by molar-refractivity contribution is 5.74. The van der Waals surface area contributed by atoms with Gasteiger partial charge in [-0.05, 0) is 54.9 Å². The summed E-state index contributed by atoms with van der Waals surface area (Å²) in [6.45, 7) is 7.24. The number of carbonyl (C=O) groups excluding carboxylic acids is 1. The van der Waals surface area contributed by atoms with Crippen LogP contribution in [0, 0.1) is 17.0 Å².